The molecule has 4 atom stereocenters. The van der Waals surface area contributed by atoms with Crippen molar-refractivity contribution in [2.45, 2.75) is 24.5 Å². The highest BCUT2D eigenvalue weighted by atomic mass is 16.6. The van der Waals surface area contributed by atoms with Crippen LogP contribution >= 0.6 is 0 Å². The maximum absolute atomic E-state index is 11.8. The third-order valence-corrected chi connectivity index (χ3v) is 3.22. The first-order valence-corrected chi connectivity index (χ1v) is 6.34. The van der Waals surface area contributed by atoms with Gasteiger partial charge in [0.1, 0.15) is 18.3 Å². The normalized spacial score (nSPS) is 29.3. The lowest BCUT2D eigenvalue weighted by atomic mass is 10.1. The molecule has 1 aromatic rings. The zero-order valence-corrected chi connectivity index (χ0v) is 11.0. The number of aliphatic hydroxyl groups is 3. The second kappa shape index (κ2) is 6.33. The van der Waals surface area contributed by atoms with E-state index in [4.69, 9.17) is 15.6 Å². The molecule has 0 bridgehead atoms. The van der Waals surface area contributed by atoms with E-state index in [2.05, 4.69) is 4.98 Å². The number of nitrogens with one attached hydrogen (secondary N) is 1. The molecule has 0 amide bonds. The Labute approximate surface area is 118 Å². The fourth-order valence-corrected chi connectivity index (χ4v) is 2.11. The first-order valence-electron chi connectivity index (χ1n) is 6.34. The molecule has 0 saturated carbocycles. The summed E-state index contributed by atoms with van der Waals surface area (Å²) >= 11 is 0. The summed E-state index contributed by atoms with van der Waals surface area (Å²) in [4.78, 5) is 25.5. The Kier molecular flexibility index (Phi) is 4.70. The summed E-state index contributed by atoms with van der Waals surface area (Å²) in [7, 11) is 0. The minimum Gasteiger partial charge on any atom is -0.394 e. The predicted molar refractivity (Wildman–Crippen MR) is 72.4 cm³/mol. The van der Waals surface area contributed by atoms with Gasteiger partial charge in [-0.1, -0.05) is 12.2 Å². The Morgan fingerprint density at radius 3 is 2.67 bits per heavy atom. The van der Waals surface area contributed by atoms with Crippen molar-refractivity contribution in [1.29, 1.82) is 0 Å². The van der Waals surface area contributed by atoms with Gasteiger partial charge in [0.25, 0.3) is 5.56 Å². The molecule has 9 heteroatoms. The van der Waals surface area contributed by atoms with E-state index in [1.807, 2.05) is 0 Å². The van der Waals surface area contributed by atoms with E-state index in [1.54, 1.807) is 0 Å². The molecule has 1 fully saturated rings. The Balaban J connectivity index is 2.42. The van der Waals surface area contributed by atoms with Crippen molar-refractivity contribution in [3.05, 3.63) is 38.7 Å². The SMILES string of the molecule is NC/C=C/c1cn([C@@H]2O[C@H](CO)[C@H](O)C2O)c(=O)[nH]c1=O. The molecular weight excluding hydrogens is 282 g/mol. The molecule has 0 spiro atoms. The van der Waals surface area contributed by atoms with Crippen LogP contribution < -0.4 is 17.0 Å². The van der Waals surface area contributed by atoms with E-state index < -0.39 is 42.4 Å². The Morgan fingerprint density at radius 2 is 2.10 bits per heavy atom. The van der Waals surface area contributed by atoms with Gasteiger partial charge in [0.05, 0.1) is 12.2 Å². The molecule has 21 heavy (non-hydrogen) atoms. The van der Waals surface area contributed by atoms with E-state index in [0.29, 0.717) is 0 Å². The van der Waals surface area contributed by atoms with E-state index >= 15 is 0 Å². The summed E-state index contributed by atoms with van der Waals surface area (Å²) in [5.41, 5.74) is 4.05. The lowest BCUT2D eigenvalue weighted by Crippen LogP contribution is -2.38. The number of hydrogen-bond donors (Lipinski definition) is 5. The van der Waals surface area contributed by atoms with Crippen molar-refractivity contribution < 1.29 is 20.1 Å². The smallest absolute Gasteiger partial charge is 0.330 e. The van der Waals surface area contributed by atoms with Gasteiger partial charge in [-0.25, -0.2) is 4.79 Å². The van der Waals surface area contributed by atoms with Gasteiger partial charge in [-0.05, 0) is 0 Å². The highest BCUT2D eigenvalue weighted by molar-refractivity contribution is 5.46. The standard InChI is InChI=1S/C12H17N3O6/c13-3-1-2-6-4-15(12(20)14-10(6)19)11-9(18)8(17)7(5-16)21-11/h1-2,4,7-9,11,16-18H,3,5,13H2,(H,14,19,20)/b2-1+/t7-,8+,9?,11-/m1/s1. The molecule has 2 rings (SSSR count). The number of rotatable bonds is 4. The van der Waals surface area contributed by atoms with Crippen molar-refractivity contribution >= 4 is 6.08 Å². The van der Waals surface area contributed by atoms with E-state index in [1.165, 1.54) is 18.3 Å². The number of aliphatic hydroxyl groups excluding tert-OH is 3. The summed E-state index contributed by atoms with van der Waals surface area (Å²) in [6, 6.07) is 0. The molecule has 1 aromatic heterocycles. The van der Waals surface area contributed by atoms with Crippen molar-refractivity contribution in [2.75, 3.05) is 13.2 Å². The van der Waals surface area contributed by atoms with E-state index in [-0.39, 0.29) is 12.1 Å². The number of H-pyrrole nitrogens is 1. The molecule has 1 aliphatic heterocycles. The zero-order valence-electron chi connectivity index (χ0n) is 11.0. The van der Waals surface area contributed by atoms with Gasteiger partial charge in [-0.3, -0.25) is 14.3 Å². The minimum absolute atomic E-state index is 0.151. The van der Waals surface area contributed by atoms with Gasteiger partial charge in [0, 0.05) is 12.7 Å². The summed E-state index contributed by atoms with van der Waals surface area (Å²) in [6.07, 6.45) is -0.794. The van der Waals surface area contributed by atoms with Crippen LogP contribution in [0.1, 0.15) is 11.8 Å². The number of nitrogens with two attached hydrogens (primary N) is 1. The number of aromatic amines is 1. The van der Waals surface area contributed by atoms with Crippen LogP contribution in [0.5, 0.6) is 0 Å². The number of hydrogen-bond acceptors (Lipinski definition) is 7. The molecule has 0 aromatic carbocycles. The number of nitrogens with zero attached hydrogens (tertiary/aromatic N) is 1. The number of ether oxygens (including phenoxy) is 1. The van der Waals surface area contributed by atoms with Gasteiger partial charge in [-0.2, -0.15) is 0 Å². The molecule has 1 unspecified atom stereocenters. The van der Waals surface area contributed by atoms with Crippen LogP contribution in [0.25, 0.3) is 6.08 Å². The summed E-state index contributed by atoms with van der Waals surface area (Å²) in [6.45, 7) is -0.292. The minimum atomic E-state index is -1.41. The maximum atomic E-state index is 11.8. The van der Waals surface area contributed by atoms with Crippen LogP contribution in [-0.4, -0.2) is 56.3 Å². The van der Waals surface area contributed by atoms with Gasteiger partial charge in [-0.15, -0.1) is 0 Å². The first-order chi connectivity index (χ1) is 9.99. The third kappa shape index (κ3) is 2.96. The molecule has 0 aliphatic carbocycles. The van der Waals surface area contributed by atoms with Gasteiger partial charge < -0.3 is 25.8 Å². The van der Waals surface area contributed by atoms with Crippen molar-refractivity contribution in [1.82, 2.24) is 9.55 Å². The highest BCUT2D eigenvalue weighted by Gasteiger charge is 2.43. The fraction of sp³-hybridized carbons (Fsp3) is 0.500. The molecule has 116 valence electrons. The molecule has 2 heterocycles. The van der Waals surface area contributed by atoms with Crippen LogP contribution in [-0.2, 0) is 4.74 Å². The van der Waals surface area contributed by atoms with E-state index in [0.717, 1.165) is 4.57 Å². The van der Waals surface area contributed by atoms with Gasteiger partial charge in [0.15, 0.2) is 6.23 Å². The Morgan fingerprint density at radius 1 is 1.38 bits per heavy atom. The third-order valence-electron chi connectivity index (χ3n) is 3.22. The van der Waals surface area contributed by atoms with Gasteiger partial charge in [0.2, 0.25) is 0 Å². The topological polar surface area (TPSA) is 151 Å². The van der Waals surface area contributed by atoms with Crippen LogP contribution in [0.3, 0.4) is 0 Å². The summed E-state index contributed by atoms with van der Waals surface area (Å²) in [5, 5.41) is 28.6. The average Bonchev–Trinajstić information content (AvgIpc) is 2.74. The molecule has 9 nitrogen and oxygen atoms in total. The zero-order chi connectivity index (χ0) is 15.6. The average molecular weight is 299 g/mol. The number of aromatic nitrogens is 2. The van der Waals surface area contributed by atoms with Crippen LogP contribution in [0.15, 0.2) is 21.9 Å². The quantitative estimate of drug-likeness (QED) is 0.400. The predicted octanol–water partition coefficient (Wildman–Crippen LogP) is -2.88. The van der Waals surface area contributed by atoms with Crippen molar-refractivity contribution in [3.8, 4) is 0 Å². The Hall–Kier alpha value is -1.78. The van der Waals surface area contributed by atoms with Gasteiger partial charge >= 0.3 is 5.69 Å². The summed E-state index contributed by atoms with van der Waals surface area (Å²) < 4.78 is 6.20. The molecule has 1 saturated heterocycles. The molecule has 1 aliphatic rings. The molecule has 6 N–H and O–H groups in total. The lowest BCUT2D eigenvalue weighted by Gasteiger charge is -2.17. The Bertz CT molecular complexity index is 637. The van der Waals surface area contributed by atoms with E-state index in [9.17, 15) is 19.8 Å². The molecule has 0 radical (unpaired) electrons. The largest absolute Gasteiger partial charge is 0.394 e. The monoisotopic (exact) mass is 299 g/mol. The van der Waals surface area contributed by atoms with Crippen LogP contribution in [0.4, 0.5) is 0 Å². The summed E-state index contributed by atoms with van der Waals surface area (Å²) in [5.74, 6) is 0. The second-order valence-electron chi connectivity index (χ2n) is 4.62. The fourth-order valence-electron chi connectivity index (χ4n) is 2.11. The van der Waals surface area contributed by atoms with Crippen LogP contribution in [0, 0.1) is 0 Å². The second-order valence-corrected chi connectivity index (χ2v) is 4.62. The first kappa shape index (κ1) is 15.6. The van der Waals surface area contributed by atoms with Crippen molar-refractivity contribution in [2.24, 2.45) is 5.73 Å². The van der Waals surface area contributed by atoms with Crippen LogP contribution in [0.2, 0.25) is 0 Å². The van der Waals surface area contributed by atoms with Crippen molar-refractivity contribution in [3.63, 3.8) is 0 Å². The highest BCUT2D eigenvalue weighted by Crippen LogP contribution is 2.27. The lowest BCUT2D eigenvalue weighted by molar-refractivity contribution is -0.0550. The molecular formula is C12H17N3O6. The maximum Gasteiger partial charge on any atom is 0.330 e.